The van der Waals surface area contributed by atoms with Crippen LogP contribution in [0.2, 0.25) is 0 Å². The zero-order chi connectivity index (χ0) is 19.5. The maximum atomic E-state index is 12.5. The van der Waals surface area contributed by atoms with Crippen molar-refractivity contribution in [3.05, 3.63) is 54.1 Å². The number of urea groups is 1. The predicted molar refractivity (Wildman–Crippen MR) is 101 cm³/mol. The summed E-state index contributed by atoms with van der Waals surface area (Å²) in [5.41, 5.74) is 1.23. The van der Waals surface area contributed by atoms with Crippen LogP contribution < -0.4 is 10.6 Å². The lowest BCUT2D eigenvalue weighted by Crippen LogP contribution is -2.42. The van der Waals surface area contributed by atoms with Crippen molar-refractivity contribution < 1.29 is 14.4 Å². The Labute approximate surface area is 162 Å². The SMILES string of the molecule is O=C1NC(=O)C(CC(=O)N2CCC(c3nccn3Cc3ccccc3)CC2)N1. The molecule has 1 unspecified atom stereocenters. The Bertz CT molecular complexity index is 871. The number of benzene rings is 1. The molecule has 0 bridgehead atoms. The first-order valence-electron chi connectivity index (χ1n) is 9.54. The van der Waals surface area contributed by atoms with E-state index < -0.39 is 18.0 Å². The summed E-state index contributed by atoms with van der Waals surface area (Å²) in [4.78, 5) is 41.6. The van der Waals surface area contributed by atoms with E-state index in [9.17, 15) is 14.4 Å². The van der Waals surface area contributed by atoms with Gasteiger partial charge in [0.1, 0.15) is 11.9 Å². The zero-order valence-electron chi connectivity index (χ0n) is 15.5. The van der Waals surface area contributed by atoms with Crippen LogP contribution in [-0.4, -0.2) is 51.4 Å². The summed E-state index contributed by atoms with van der Waals surface area (Å²) < 4.78 is 2.18. The Hall–Kier alpha value is -3.16. The number of imidazole rings is 1. The van der Waals surface area contributed by atoms with Crippen molar-refractivity contribution in [3.63, 3.8) is 0 Å². The number of hydrogen-bond donors (Lipinski definition) is 2. The van der Waals surface area contributed by atoms with Crippen molar-refractivity contribution >= 4 is 17.8 Å². The second kappa shape index (κ2) is 7.84. The molecule has 0 radical (unpaired) electrons. The zero-order valence-corrected chi connectivity index (χ0v) is 15.5. The molecule has 4 amide bonds. The number of carbonyl (C=O) groups excluding carboxylic acids is 3. The largest absolute Gasteiger partial charge is 0.343 e. The molecule has 8 nitrogen and oxygen atoms in total. The molecule has 2 aliphatic heterocycles. The van der Waals surface area contributed by atoms with Crippen LogP contribution in [0.4, 0.5) is 4.79 Å². The fourth-order valence-electron chi connectivity index (χ4n) is 3.89. The highest BCUT2D eigenvalue weighted by molar-refractivity contribution is 6.05. The van der Waals surface area contributed by atoms with Crippen molar-refractivity contribution in [2.24, 2.45) is 0 Å². The van der Waals surface area contributed by atoms with E-state index in [4.69, 9.17) is 0 Å². The highest BCUT2D eigenvalue weighted by Gasteiger charge is 2.34. The van der Waals surface area contributed by atoms with Crippen molar-refractivity contribution in [2.75, 3.05) is 13.1 Å². The molecule has 0 saturated carbocycles. The van der Waals surface area contributed by atoms with E-state index in [1.165, 1.54) is 5.56 Å². The van der Waals surface area contributed by atoms with Crippen molar-refractivity contribution in [3.8, 4) is 0 Å². The molecule has 1 atom stereocenters. The van der Waals surface area contributed by atoms with Crippen molar-refractivity contribution in [2.45, 2.75) is 37.8 Å². The summed E-state index contributed by atoms with van der Waals surface area (Å²) in [5.74, 6) is 0.820. The molecule has 3 heterocycles. The minimum Gasteiger partial charge on any atom is -0.343 e. The van der Waals surface area contributed by atoms with Gasteiger partial charge >= 0.3 is 6.03 Å². The van der Waals surface area contributed by atoms with Gasteiger partial charge in [0.05, 0.1) is 6.42 Å². The highest BCUT2D eigenvalue weighted by atomic mass is 16.2. The Balaban J connectivity index is 1.33. The van der Waals surface area contributed by atoms with E-state index >= 15 is 0 Å². The maximum absolute atomic E-state index is 12.5. The van der Waals surface area contributed by atoms with Gasteiger partial charge in [-0.2, -0.15) is 0 Å². The van der Waals surface area contributed by atoms with E-state index in [0.29, 0.717) is 19.0 Å². The maximum Gasteiger partial charge on any atom is 0.322 e. The van der Waals surface area contributed by atoms with Crippen molar-refractivity contribution in [1.29, 1.82) is 0 Å². The normalized spacial score (nSPS) is 20.1. The third kappa shape index (κ3) is 3.90. The van der Waals surface area contributed by atoms with Gasteiger partial charge in [-0.3, -0.25) is 14.9 Å². The molecular formula is C20H23N5O3. The first kappa shape index (κ1) is 18.2. The third-order valence-electron chi connectivity index (χ3n) is 5.39. The Morgan fingerprint density at radius 3 is 2.57 bits per heavy atom. The lowest BCUT2D eigenvalue weighted by molar-refractivity contribution is -0.134. The van der Waals surface area contributed by atoms with E-state index in [-0.39, 0.29) is 12.3 Å². The quantitative estimate of drug-likeness (QED) is 0.762. The summed E-state index contributed by atoms with van der Waals surface area (Å²) in [6.07, 6.45) is 5.50. The molecule has 2 fully saturated rings. The number of nitrogens with zero attached hydrogens (tertiary/aromatic N) is 3. The third-order valence-corrected chi connectivity index (χ3v) is 5.39. The Morgan fingerprint density at radius 2 is 1.89 bits per heavy atom. The summed E-state index contributed by atoms with van der Waals surface area (Å²) in [6.45, 7) is 2.04. The molecule has 4 rings (SSSR count). The van der Waals surface area contributed by atoms with Gasteiger partial charge in [-0.15, -0.1) is 0 Å². The van der Waals surface area contributed by atoms with Crippen LogP contribution in [0.25, 0.3) is 0 Å². The number of amides is 4. The summed E-state index contributed by atoms with van der Waals surface area (Å²) in [7, 11) is 0. The number of piperidine rings is 1. The van der Waals surface area contributed by atoms with Gasteiger partial charge in [-0.05, 0) is 18.4 Å². The fraction of sp³-hybridized carbons (Fsp3) is 0.400. The van der Waals surface area contributed by atoms with Gasteiger partial charge in [0.25, 0.3) is 5.91 Å². The first-order chi connectivity index (χ1) is 13.6. The van der Waals surface area contributed by atoms with Gasteiger partial charge in [-0.1, -0.05) is 30.3 Å². The molecule has 1 aromatic heterocycles. The summed E-state index contributed by atoms with van der Waals surface area (Å²) >= 11 is 0. The molecule has 2 saturated heterocycles. The molecule has 2 aliphatic rings. The van der Waals surface area contributed by atoms with E-state index in [1.807, 2.05) is 30.6 Å². The molecule has 8 heteroatoms. The number of imide groups is 1. The number of nitrogens with one attached hydrogen (secondary N) is 2. The number of likely N-dealkylation sites (tertiary alicyclic amines) is 1. The van der Waals surface area contributed by atoms with Gasteiger partial charge in [0, 0.05) is 37.9 Å². The minimum absolute atomic E-state index is 0.00484. The van der Waals surface area contributed by atoms with E-state index in [0.717, 1.165) is 25.2 Å². The Morgan fingerprint density at radius 1 is 1.14 bits per heavy atom. The van der Waals surface area contributed by atoms with Gasteiger partial charge in [0.15, 0.2) is 0 Å². The van der Waals surface area contributed by atoms with Crippen LogP contribution >= 0.6 is 0 Å². The summed E-state index contributed by atoms with van der Waals surface area (Å²) in [6, 6.07) is 8.97. The Kier molecular flexibility index (Phi) is 5.10. The van der Waals surface area contributed by atoms with Crippen LogP contribution in [0.15, 0.2) is 42.7 Å². The standard InChI is InChI=1S/C20H23N5O3/c26-17(12-16-19(27)23-20(28)22-16)24-9-6-15(7-10-24)18-21-8-11-25(18)13-14-4-2-1-3-5-14/h1-5,8,11,15-16H,6-7,9-10,12-13H2,(H2,22,23,27,28). The van der Waals surface area contributed by atoms with Crippen LogP contribution in [0.1, 0.15) is 36.6 Å². The number of carbonyl (C=O) groups is 3. The molecule has 0 aliphatic carbocycles. The second-order valence-electron chi connectivity index (χ2n) is 7.27. The smallest absolute Gasteiger partial charge is 0.322 e. The van der Waals surface area contributed by atoms with Crippen LogP contribution in [-0.2, 0) is 16.1 Å². The highest BCUT2D eigenvalue weighted by Crippen LogP contribution is 2.27. The minimum atomic E-state index is -0.762. The average Bonchev–Trinajstić information content (AvgIpc) is 3.28. The first-order valence-corrected chi connectivity index (χ1v) is 9.54. The number of rotatable bonds is 5. The van der Waals surface area contributed by atoms with Gasteiger partial charge in [0.2, 0.25) is 5.91 Å². The molecule has 2 aromatic rings. The molecule has 2 N–H and O–H groups in total. The predicted octanol–water partition coefficient (Wildman–Crippen LogP) is 1.24. The summed E-state index contributed by atoms with van der Waals surface area (Å²) in [5, 5.41) is 4.63. The fourth-order valence-corrected chi connectivity index (χ4v) is 3.89. The molecule has 28 heavy (non-hydrogen) atoms. The molecule has 0 spiro atoms. The molecular weight excluding hydrogens is 358 g/mol. The lowest BCUT2D eigenvalue weighted by atomic mass is 9.95. The van der Waals surface area contributed by atoms with Crippen LogP contribution in [0, 0.1) is 0 Å². The second-order valence-corrected chi connectivity index (χ2v) is 7.27. The van der Waals surface area contributed by atoms with Crippen LogP contribution in [0.5, 0.6) is 0 Å². The van der Waals surface area contributed by atoms with Gasteiger partial charge in [-0.25, -0.2) is 9.78 Å². The molecule has 1 aromatic carbocycles. The number of hydrogen-bond acceptors (Lipinski definition) is 4. The lowest BCUT2D eigenvalue weighted by Gasteiger charge is -2.32. The van der Waals surface area contributed by atoms with E-state index in [1.54, 1.807) is 4.90 Å². The monoisotopic (exact) mass is 381 g/mol. The van der Waals surface area contributed by atoms with E-state index in [2.05, 4.69) is 32.3 Å². The topological polar surface area (TPSA) is 96.3 Å². The molecule has 146 valence electrons. The van der Waals surface area contributed by atoms with Crippen molar-refractivity contribution in [1.82, 2.24) is 25.1 Å². The average molecular weight is 381 g/mol. The van der Waals surface area contributed by atoms with Crippen LogP contribution in [0.3, 0.4) is 0 Å². The van der Waals surface area contributed by atoms with Gasteiger partial charge < -0.3 is 14.8 Å². The number of aromatic nitrogens is 2.